The minimum atomic E-state index is 0.847. The summed E-state index contributed by atoms with van der Waals surface area (Å²) >= 11 is 0. The molecule has 1 aliphatic rings. The molecule has 1 saturated heterocycles. The van der Waals surface area contributed by atoms with Crippen LogP contribution in [0.4, 0.5) is 0 Å². The Kier molecular flexibility index (Phi) is 2.94. The van der Waals surface area contributed by atoms with E-state index in [1.807, 2.05) is 0 Å². The quantitative estimate of drug-likeness (QED) is 0.572. The van der Waals surface area contributed by atoms with Gasteiger partial charge < -0.3 is 4.74 Å². The third-order valence-electron chi connectivity index (χ3n) is 2.20. The van der Waals surface area contributed by atoms with Gasteiger partial charge in [-0.05, 0) is 18.9 Å². The van der Waals surface area contributed by atoms with E-state index in [9.17, 15) is 0 Å². The van der Waals surface area contributed by atoms with Crippen molar-refractivity contribution in [3.8, 4) is 0 Å². The minimum Gasteiger partial charge on any atom is -0.500 e. The summed E-state index contributed by atoms with van der Waals surface area (Å²) in [5.41, 5.74) is 0. The van der Waals surface area contributed by atoms with Crippen molar-refractivity contribution in [2.24, 2.45) is 5.92 Å². The Labute approximate surface area is 68.8 Å². The van der Waals surface area contributed by atoms with Crippen molar-refractivity contribution in [3.63, 3.8) is 0 Å². The van der Waals surface area contributed by atoms with Gasteiger partial charge in [0.1, 0.15) is 5.76 Å². The van der Waals surface area contributed by atoms with Crippen LogP contribution in [0.25, 0.3) is 0 Å². The lowest BCUT2D eigenvalue weighted by atomic mass is 10.2. The van der Waals surface area contributed by atoms with Crippen molar-refractivity contribution in [1.82, 2.24) is 4.90 Å². The molecule has 1 atom stereocenters. The molecule has 0 bridgehead atoms. The zero-order chi connectivity index (χ0) is 8.27. The first-order valence-corrected chi connectivity index (χ1v) is 4.16. The average molecular weight is 155 g/mol. The molecule has 2 heteroatoms. The van der Waals surface area contributed by atoms with E-state index < -0.39 is 0 Å². The van der Waals surface area contributed by atoms with Gasteiger partial charge in [-0.15, -0.1) is 0 Å². The molecule has 0 saturated carbocycles. The molecule has 0 spiro atoms. The molecule has 64 valence electrons. The SMILES string of the molecule is C=C(CN1CCC(C)C1)OC. The van der Waals surface area contributed by atoms with Crippen LogP contribution in [0.1, 0.15) is 13.3 Å². The van der Waals surface area contributed by atoms with Crippen LogP contribution in [0.3, 0.4) is 0 Å². The van der Waals surface area contributed by atoms with Crippen LogP contribution in [0, 0.1) is 5.92 Å². The van der Waals surface area contributed by atoms with Crippen molar-refractivity contribution in [2.75, 3.05) is 26.7 Å². The second-order valence-electron chi connectivity index (χ2n) is 3.37. The summed E-state index contributed by atoms with van der Waals surface area (Å²) in [7, 11) is 1.68. The van der Waals surface area contributed by atoms with Gasteiger partial charge >= 0.3 is 0 Å². The first kappa shape index (κ1) is 8.60. The van der Waals surface area contributed by atoms with E-state index in [0.717, 1.165) is 18.2 Å². The van der Waals surface area contributed by atoms with Gasteiger partial charge in [0.2, 0.25) is 0 Å². The lowest BCUT2D eigenvalue weighted by Crippen LogP contribution is -2.23. The van der Waals surface area contributed by atoms with Crippen molar-refractivity contribution < 1.29 is 4.74 Å². The van der Waals surface area contributed by atoms with Gasteiger partial charge in [-0.1, -0.05) is 13.5 Å². The van der Waals surface area contributed by atoms with Crippen molar-refractivity contribution >= 4 is 0 Å². The first-order chi connectivity index (χ1) is 5.22. The molecule has 1 aliphatic heterocycles. The van der Waals surface area contributed by atoms with Gasteiger partial charge in [0, 0.05) is 6.54 Å². The zero-order valence-corrected chi connectivity index (χ0v) is 7.47. The van der Waals surface area contributed by atoms with Crippen LogP contribution in [0.15, 0.2) is 12.3 Å². The third kappa shape index (κ3) is 2.54. The topological polar surface area (TPSA) is 12.5 Å². The van der Waals surface area contributed by atoms with Crippen molar-refractivity contribution in [3.05, 3.63) is 12.3 Å². The average Bonchev–Trinajstić information content (AvgIpc) is 2.35. The highest BCUT2D eigenvalue weighted by molar-refractivity contribution is 4.88. The standard InChI is InChI=1S/C9H17NO/c1-8-4-5-10(6-8)7-9(2)11-3/h8H,2,4-7H2,1,3H3. The number of nitrogens with zero attached hydrogens (tertiary/aromatic N) is 1. The lowest BCUT2D eigenvalue weighted by molar-refractivity contribution is 0.233. The maximum Gasteiger partial charge on any atom is 0.102 e. The fraction of sp³-hybridized carbons (Fsp3) is 0.778. The first-order valence-electron chi connectivity index (χ1n) is 4.16. The van der Waals surface area contributed by atoms with Gasteiger partial charge in [0.05, 0.1) is 13.7 Å². The van der Waals surface area contributed by atoms with E-state index in [0.29, 0.717) is 0 Å². The Morgan fingerprint density at radius 3 is 2.91 bits per heavy atom. The summed E-state index contributed by atoms with van der Waals surface area (Å²) in [4.78, 5) is 2.39. The molecule has 2 nitrogen and oxygen atoms in total. The lowest BCUT2D eigenvalue weighted by Gasteiger charge is -2.15. The van der Waals surface area contributed by atoms with Gasteiger partial charge in [-0.25, -0.2) is 0 Å². The molecular weight excluding hydrogens is 138 g/mol. The Bertz CT molecular complexity index is 144. The summed E-state index contributed by atoms with van der Waals surface area (Å²) in [6.07, 6.45) is 1.32. The molecule has 0 radical (unpaired) electrons. The van der Waals surface area contributed by atoms with Gasteiger partial charge in [-0.3, -0.25) is 4.90 Å². The molecule has 1 rings (SSSR count). The smallest absolute Gasteiger partial charge is 0.102 e. The largest absolute Gasteiger partial charge is 0.500 e. The van der Waals surface area contributed by atoms with Crippen LogP contribution in [0.5, 0.6) is 0 Å². The number of methoxy groups -OCH3 is 1. The summed E-state index contributed by atoms with van der Waals surface area (Å²) < 4.78 is 5.01. The Morgan fingerprint density at radius 1 is 1.73 bits per heavy atom. The summed E-state index contributed by atoms with van der Waals surface area (Å²) in [5, 5.41) is 0. The van der Waals surface area contributed by atoms with Crippen LogP contribution >= 0.6 is 0 Å². The van der Waals surface area contributed by atoms with Crippen molar-refractivity contribution in [2.45, 2.75) is 13.3 Å². The number of likely N-dealkylation sites (tertiary alicyclic amines) is 1. The minimum absolute atomic E-state index is 0.847. The van der Waals surface area contributed by atoms with Crippen molar-refractivity contribution in [1.29, 1.82) is 0 Å². The predicted molar refractivity (Wildman–Crippen MR) is 46.4 cm³/mol. The van der Waals surface area contributed by atoms with Crippen LogP contribution in [0.2, 0.25) is 0 Å². The predicted octanol–water partition coefficient (Wildman–Crippen LogP) is 1.49. The second kappa shape index (κ2) is 3.77. The highest BCUT2D eigenvalue weighted by Gasteiger charge is 2.18. The van der Waals surface area contributed by atoms with E-state index in [4.69, 9.17) is 4.74 Å². The fourth-order valence-electron chi connectivity index (χ4n) is 1.48. The summed E-state index contributed by atoms with van der Waals surface area (Å²) in [6, 6.07) is 0. The molecule has 0 aromatic rings. The maximum absolute atomic E-state index is 5.01. The zero-order valence-electron chi connectivity index (χ0n) is 7.47. The fourth-order valence-corrected chi connectivity index (χ4v) is 1.48. The van der Waals surface area contributed by atoms with Crippen LogP contribution < -0.4 is 0 Å². The molecular formula is C9H17NO. The Balaban J connectivity index is 2.23. The monoisotopic (exact) mass is 155 g/mol. The third-order valence-corrected chi connectivity index (χ3v) is 2.20. The maximum atomic E-state index is 5.01. The van der Waals surface area contributed by atoms with E-state index in [1.165, 1.54) is 19.5 Å². The molecule has 1 unspecified atom stereocenters. The Morgan fingerprint density at radius 2 is 2.45 bits per heavy atom. The van der Waals surface area contributed by atoms with E-state index >= 15 is 0 Å². The highest BCUT2D eigenvalue weighted by Crippen LogP contribution is 2.15. The van der Waals surface area contributed by atoms with Crippen LogP contribution in [-0.2, 0) is 4.74 Å². The molecule has 0 aromatic heterocycles. The number of rotatable bonds is 3. The molecule has 0 aliphatic carbocycles. The van der Waals surface area contributed by atoms with Crippen LogP contribution in [-0.4, -0.2) is 31.6 Å². The number of ether oxygens (including phenoxy) is 1. The summed E-state index contributed by atoms with van der Waals surface area (Å²) in [6.45, 7) is 9.38. The van der Waals surface area contributed by atoms with Gasteiger partial charge in [0.15, 0.2) is 0 Å². The molecule has 0 amide bonds. The van der Waals surface area contributed by atoms with Gasteiger partial charge in [-0.2, -0.15) is 0 Å². The van der Waals surface area contributed by atoms with Gasteiger partial charge in [0.25, 0.3) is 0 Å². The van der Waals surface area contributed by atoms with E-state index in [2.05, 4.69) is 18.4 Å². The summed E-state index contributed by atoms with van der Waals surface area (Å²) in [5.74, 6) is 1.72. The normalized spacial score (nSPS) is 25.5. The molecule has 11 heavy (non-hydrogen) atoms. The number of hydrogen-bond acceptors (Lipinski definition) is 2. The molecule has 0 N–H and O–H groups in total. The highest BCUT2D eigenvalue weighted by atomic mass is 16.5. The molecule has 1 heterocycles. The number of hydrogen-bond donors (Lipinski definition) is 0. The van der Waals surface area contributed by atoms with E-state index in [1.54, 1.807) is 7.11 Å². The second-order valence-corrected chi connectivity index (χ2v) is 3.37. The molecule has 1 fully saturated rings. The Hall–Kier alpha value is -0.500. The van der Waals surface area contributed by atoms with E-state index in [-0.39, 0.29) is 0 Å². The molecule has 0 aromatic carbocycles.